The van der Waals surface area contributed by atoms with Crippen LogP contribution in [-0.2, 0) is 19.1 Å². The van der Waals surface area contributed by atoms with E-state index in [4.69, 9.17) is 9.47 Å². The van der Waals surface area contributed by atoms with Crippen molar-refractivity contribution in [2.45, 2.75) is 65.1 Å². The lowest BCUT2D eigenvalue weighted by Crippen LogP contribution is -2.41. The van der Waals surface area contributed by atoms with Crippen LogP contribution in [0, 0.1) is 5.41 Å². The summed E-state index contributed by atoms with van der Waals surface area (Å²) in [4.78, 5) is 28.7. The molecule has 6 heteroatoms. The van der Waals surface area contributed by atoms with E-state index in [0.29, 0.717) is 38.0 Å². The van der Waals surface area contributed by atoms with Crippen molar-refractivity contribution in [3.63, 3.8) is 0 Å². The van der Waals surface area contributed by atoms with E-state index in [-0.39, 0.29) is 11.9 Å². The van der Waals surface area contributed by atoms with Gasteiger partial charge in [-0.3, -0.25) is 9.59 Å². The van der Waals surface area contributed by atoms with E-state index in [1.165, 1.54) is 6.92 Å². The van der Waals surface area contributed by atoms with Crippen LogP contribution in [0.4, 0.5) is 0 Å². The van der Waals surface area contributed by atoms with Crippen molar-refractivity contribution < 1.29 is 24.2 Å². The topological polar surface area (TPSA) is 85.7 Å². The van der Waals surface area contributed by atoms with Gasteiger partial charge in [0, 0.05) is 12.3 Å². The van der Waals surface area contributed by atoms with Crippen molar-refractivity contribution in [2.75, 3.05) is 6.61 Å². The van der Waals surface area contributed by atoms with E-state index in [1.54, 1.807) is 13.8 Å². The molecule has 0 aliphatic heterocycles. The summed E-state index contributed by atoms with van der Waals surface area (Å²) < 4.78 is 10.6. The summed E-state index contributed by atoms with van der Waals surface area (Å²) in [6.45, 7) is 7.12. The number of aromatic nitrogens is 1. The number of pyridine rings is 1. The molecule has 3 rings (SSSR count). The number of ether oxygens (including phenoxy) is 2. The Morgan fingerprint density at radius 1 is 1.19 bits per heavy atom. The number of nitrogens with zero attached hydrogens (tertiary/aromatic N) is 1. The van der Waals surface area contributed by atoms with Crippen LogP contribution in [0.2, 0.25) is 0 Å². The molecule has 0 unspecified atom stereocenters. The average molecular weight is 426 g/mol. The van der Waals surface area contributed by atoms with E-state index in [2.05, 4.69) is 4.98 Å². The molecule has 1 atom stereocenters. The smallest absolute Gasteiger partial charge is 0.315 e. The third-order valence-corrected chi connectivity index (χ3v) is 5.99. The molecule has 0 bridgehead atoms. The Hall–Kier alpha value is -2.73. The minimum atomic E-state index is -0.744. The summed E-state index contributed by atoms with van der Waals surface area (Å²) in [6, 6.07) is 9.72. The predicted octanol–water partition coefficient (Wildman–Crippen LogP) is 4.75. The van der Waals surface area contributed by atoms with Gasteiger partial charge in [0.25, 0.3) is 0 Å². The molecule has 1 aliphatic carbocycles. The zero-order chi connectivity index (χ0) is 22.6. The molecule has 0 saturated heterocycles. The molecule has 2 aromatic rings. The van der Waals surface area contributed by atoms with Gasteiger partial charge in [-0.05, 0) is 64.2 Å². The fraction of sp³-hybridized carbons (Fsp3) is 0.480. The van der Waals surface area contributed by atoms with E-state index in [1.807, 2.05) is 49.4 Å². The molecule has 1 aliphatic rings. The minimum Gasteiger partial charge on any atom is -0.465 e. The molecule has 1 heterocycles. The van der Waals surface area contributed by atoms with Crippen molar-refractivity contribution in [3.05, 3.63) is 47.7 Å². The van der Waals surface area contributed by atoms with Gasteiger partial charge in [0.2, 0.25) is 0 Å². The van der Waals surface area contributed by atoms with Gasteiger partial charge in [0.1, 0.15) is 6.10 Å². The number of aliphatic hydroxyl groups is 1. The highest BCUT2D eigenvalue weighted by atomic mass is 16.5. The summed E-state index contributed by atoms with van der Waals surface area (Å²) in [5.41, 5.74) is 0.910. The maximum Gasteiger partial charge on any atom is 0.315 e. The van der Waals surface area contributed by atoms with E-state index < -0.39 is 17.1 Å². The number of esters is 2. The highest BCUT2D eigenvalue weighted by molar-refractivity contribution is 5.83. The summed E-state index contributed by atoms with van der Waals surface area (Å²) in [6.07, 6.45) is 5.62. The number of hydrogen-bond donors (Lipinski definition) is 1. The molecule has 1 fully saturated rings. The van der Waals surface area contributed by atoms with Gasteiger partial charge >= 0.3 is 11.9 Å². The van der Waals surface area contributed by atoms with Gasteiger partial charge in [-0.1, -0.05) is 30.4 Å². The van der Waals surface area contributed by atoms with Crippen molar-refractivity contribution in [1.82, 2.24) is 4.98 Å². The van der Waals surface area contributed by atoms with Crippen LogP contribution in [0.15, 0.2) is 36.4 Å². The maximum absolute atomic E-state index is 12.8. The Balaban J connectivity index is 1.88. The average Bonchev–Trinajstić information content (AvgIpc) is 2.72. The van der Waals surface area contributed by atoms with Crippen LogP contribution in [0.25, 0.3) is 17.0 Å². The molecule has 1 aromatic heterocycles. The second kappa shape index (κ2) is 9.18. The molecule has 1 saturated carbocycles. The fourth-order valence-electron chi connectivity index (χ4n) is 3.99. The number of carbonyl (C=O) groups is 2. The SMILES string of the molecule is CCOC(=O)[C@]1(/C=C/c2ccc3ccc([C@@H](C)OC(C)=O)nc3c2)CC[C@](C)(O)CC1. The number of benzene rings is 1. The fourth-order valence-corrected chi connectivity index (χ4v) is 3.99. The van der Waals surface area contributed by atoms with Crippen LogP contribution in [0.5, 0.6) is 0 Å². The van der Waals surface area contributed by atoms with Crippen LogP contribution < -0.4 is 0 Å². The zero-order valence-corrected chi connectivity index (χ0v) is 18.7. The summed E-state index contributed by atoms with van der Waals surface area (Å²) >= 11 is 0. The van der Waals surface area contributed by atoms with E-state index in [0.717, 1.165) is 16.5 Å². The molecule has 1 aromatic carbocycles. The first-order chi connectivity index (χ1) is 14.6. The van der Waals surface area contributed by atoms with Gasteiger partial charge in [0.05, 0.1) is 28.8 Å². The largest absolute Gasteiger partial charge is 0.465 e. The first-order valence-electron chi connectivity index (χ1n) is 10.8. The monoisotopic (exact) mass is 425 g/mol. The van der Waals surface area contributed by atoms with Crippen molar-refractivity contribution >= 4 is 28.9 Å². The third kappa shape index (κ3) is 5.50. The van der Waals surface area contributed by atoms with Gasteiger partial charge in [-0.25, -0.2) is 4.98 Å². The van der Waals surface area contributed by atoms with Crippen molar-refractivity contribution in [2.24, 2.45) is 5.41 Å². The van der Waals surface area contributed by atoms with Crippen molar-refractivity contribution in [1.29, 1.82) is 0 Å². The number of hydrogen-bond acceptors (Lipinski definition) is 6. The molecule has 1 N–H and O–H groups in total. The number of carbonyl (C=O) groups excluding carboxylic acids is 2. The first-order valence-corrected chi connectivity index (χ1v) is 10.8. The Morgan fingerprint density at radius 3 is 2.52 bits per heavy atom. The second-order valence-electron chi connectivity index (χ2n) is 8.65. The molecule has 31 heavy (non-hydrogen) atoms. The van der Waals surface area contributed by atoms with Gasteiger partial charge < -0.3 is 14.6 Å². The van der Waals surface area contributed by atoms with Gasteiger partial charge in [0.15, 0.2) is 0 Å². The summed E-state index contributed by atoms with van der Waals surface area (Å²) in [5, 5.41) is 11.3. The Morgan fingerprint density at radius 2 is 1.87 bits per heavy atom. The third-order valence-electron chi connectivity index (χ3n) is 5.99. The maximum atomic E-state index is 12.8. The number of fused-ring (bicyclic) bond motifs is 1. The summed E-state index contributed by atoms with van der Waals surface area (Å²) in [5.74, 6) is -0.583. The van der Waals surface area contributed by atoms with Gasteiger partial charge in [-0.15, -0.1) is 0 Å². The van der Waals surface area contributed by atoms with Gasteiger partial charge in [-0.2, -0.15) is 0 Å². The van der Waals surface area contributed by atoms with Crippen LogP contribution >= 0.6 is 0 Å². The molecule has 0 amide bonds. The molecular weight excluding hydrogens is 394 g/mol. The van der Waals surface area contributed by atoms with Crippen LogP contribution in [-0.4, -0.2) is 34.2 Å². The highest BCUT2D eigenvalue weighted by Gasteiger charge is 2.44. The molecule has 0 radical (unpaired) electrons. The lowest BCUT2D eigenvalue weighted by atomic mass is 9.69. The molecule has 6 nitrogen and oxygen atoms in total. The second-order valence-corrected chi connectivity index (χ2v) is 8.65. The number of rotatable bonds is 6. The zero-order valence-electron chi connectivity index (χ0n) is 18.7. The van der Waals surface area contributed by atoms with E-state index >= 15 is 0 Å². The standard InChI is InChI=1S/C25H31NO5/c1-5-30-23(28)25(14-12-24(4,29)13-15-25)11-10-19-6-7-20-8-9-21(26-22(20)16-19)17(2)31-18(3)27/h6-11,16-17,29H,5,12-15H2,1-4H3/b11-10+/t17-,24-,25+/m1/s1. The van der Waals surface area contributed by atoms with Crippen molar-refractivity contribution in [3.8, 4) is 0 Å². The molecule has 166 valence electrons. The summed E-state index contributed by atoms with van der Waals surface area (Å²) in [7, 11) is 0. The quantitative estimate of drug-likeness (QED) is 0.673. The minimum absolute atomic E-state index is 0.238. The first kappa shape index (κ1) is 22.9. The lowest BCUT2D eigenvalue weighted by molar-refractivity contribution is -0.156. The molecular formula is C25H31NO5. The van der Waals surface area contributed by atoms with Crippen LogP contribution in [0.3, 0.4) is 0 Å². The van der Waals surface area contributed by atoms with Crippen LogP contribution in [0.1, 0.15) is 70.7 Å². The molecule has 0 spiro atoms. The lowest BCUT2D eigenvalue weighted by Gasteiger charge is -2.39. The predicted molar refractivity (Wildman–Crippen MR) is 119 cm³/mol. The Labute approximate surface area is 183 Å². The Bertz CT molecular complexity index is 985. The highest BCUT2D eigenvalue weighted by Crippen LogP contribution is 2.43. The Kier molecular flexibility index (Phi) is 6.80. The normalized spacial score (nSPS) is 24.8. The van der Waals surface area contributed by atoms with E-state index in [9.17, 15) is 14.7 Å².